The summed E-state index contributed by atoms with van der Waals surface area (Å²) in [7, 11) is 16.4. The van der Waals surface area contributed by atoms with Gasteiger partial charge in [0.2, 0.25) is 0 Å². The molecule has 0 radical (unpaired) electrons. The highest BCUT2D eigenvalue weighted by atomic mass is 79.9. The highest BCUT2D eigenvalue weighted by molar-refractivity contribution is 9.11. The van der Waals surface area contributed by atoms with Crippen molar-refractivity contribution in [3.05, 3.63) is 56.0 Å². The summed E-state index contributed by atoms with van der Waals surface area (Å²) < 4.78 is 9.90. The van der Waals surface area contributed by atoms with Crippen molar-refractivity contribution < 1.29 is 9.84 Å². The molecular formula is C19H14AlBr2Cl3N6O2. The van der Waals surface area contributed by atoms with E-state index in [0.29, 0.717) is 26.8 Å². The van der Waals surface area contributed by atoms with Gasteiger partial charge in [0.1, 0.15) is 23.6 Å². The van der Waals surface area contributed by atoms with Gasteiger partial charge in [-0.2, -0.15) is 20.7 Å². The lowest BCUT2D eigenvalue weighted by Crippen LogP contribution is -1.98. The van der Waals surface area contributed by atoms with Crippen LogP contribution in [0.25, 0.3) is 11.0 Å². The zero-order valence-corrected chi connectivity index (χ0v) is 23.9. The number of hydrogen-bond acceptors (Lipinski definition) is 6. The number of aromatic hydroxyl groups is 1. The minimum absolute atomic E-state index is 0.150. The van der Waals surface area contributed by atoms with Crippen LogP contribution in [0.2, 0.25) is 0 Å². The second-order valence-corrected chi connectivity index (χ2v) is 14.4. The molecule has 0 aromatic carbocycles. The summed E-state index contributed by atoms with van der Waals surface area (Å²) in [4.78, 5) is 0. The molecule has 0 spiro atoms. The van der Waals surface area contributed by atoms with Crippen LogP contribution in [0.1, 0.15) is 22.5 Å². The minimum Gasteiger partial charge on any atom is -0.506 e. The molecule has 4 aromatic rings. The Hall–Kier alpha value is -1.68. The molecule has 0 aliphatic carbocycles. The number of halogens is 5. The van der Waals surface area contributed by atoms with Gasteiger partial charge in [0.15, 0.2) is 0 Å². The number of hydrogen-bond donors (Lipinski definition) is 1. The fourth-order valence-corrected chi connectivity index (χ4v) is 4.02. The van der Waals surface area contributed by atoms with Crippen molar-refractivity contribution in [3.8, 4) is 23.6 Å². The van der Waals surface area contributed by atoms with Crippen LogP contribution in [0.3, 0.4) is 0 Å². The van der Waals surface area contributed by atoms with E-state index in [1.807, 2.05) is 19.1 Å². The second kappa shape index (κ2) is 12.2. The van der Waals surface area contributed by atoms with Crippen molar-refractivity contribution in [1.29, 1.82) is 10.5 Å². The van der Waals surface area contributed by atoms with Gasteiger partial charge in [0.05, 0.1) is 53.1 Å². The zero-order valence-electron chi connectivity index (χ0n) is 17.3. The predicted molar refractivity (Wildman–Crippen MR) is 136 cm³/mol. The van der Waals surface area contributed by atoms with E-state index in [1.54, 1.807) is 30.8 Å². The van der Waals surface area contributed by atoms with Crippen LogP contribution >= 0.6 is 62.0 Å². The van der Waals surface area contributed by atoms with E-state index in [-0.39, 0.29) is 5.75 Å². The largest absolute Gasteiger partial charge is 0.643 e. The summed E-state index contributed by atoms with van der Waals surface area (Å²) >= 11 is 4.96. The molecule has 0 aliphatic rings. The van der Waals surface area contributed by atoms with Crippen LogP contribution in [0.15, 0.2) is 33.5 Å². The van der Waals surface area contributed by atoms with E-state index in [1.165, 1.54) is 10.7 Å². The predicted octanol–water partition coefficient (Wildman–Crippen LogP) is 5.96. The van der Waals surface area contributed by atoms with Crippen molar-refractivity contribution >= 4 is 84.4 Å². The summed E-state index contributed by atoms with van der Waals surface area (Å²) in [6, 6.07) is 7.55. The van der Waals surface area contributed by atoms with Gasteiger partial charge in [0, 0.05) is 8.95 Å². The molecule has 0 aliphatic heterocycles. The molecule has 170 valence electrons. The molecule has 4 aromatic heterocycles. The molecule has 8 nitrogen and oxygen atoms in total. The van der Waals surface area contributed by atoms with Crippen molar-refractivity contribution in [2.24, 2.45) is 0 Å². The summed E-state index contributed by atoms with van der Waals surface area (Å²) in [6.45, 7) is 3.63. The Bertz CT molecular complexity index is 1390. The normalized spacial score (nSPS) is 9.88. The molecule has 4 heterocycles. The number of aromatic nitrogens is 4. The number of aryl methyl sites for hydroxylation is 2. The molecule has 0 atom stereocenters. The van der Waals surface area contributed by atoms with Gasteiger partial charge in [-0.1, -0.05) is 0 Å². The third-order valence-electron chi connectivity index (χ3n) is 4.34. The van der Waals surface area contributed by atoms with E-state index in [4.69, 9.17) is 45.4 Å². The number of pyridine rings is 2. The highest BCUT2D eigenvalue weighted by Gasteiger charge is 2.13. The second-order valence-electron chi connectivity index (χ2n) is 6.22. The quantitative estimate of drug-likeness (QED) is 0.255. The number of ether oxygens (including phenoxy) is 1. The summed E-state index contributed by atoms with van der Waals surface area (Å²) in [5.41, 5.74) is 3.98. The summed E-state index contributed by atoms with van der Waals surface area (Å²) in [6.07, 6.45) is 3.03. The molecule has 0 bridgehead atoms. The standard InChI is InChI=1S/C10H8BrN3O.C9H6BrN3O.Al.3ClH/c1-6-9(15-2)3-8(11)10-7(4-12)5-13-14(6)10;1-5-8(14)2-7(10)9-6(3-11)4-12-13(5)9;;;;/h3,5H,1-2H3;2,4,14H,1H3;;3*1H/q;;+3;;;/p-3. The van der Waals surface area contributed by atoms with Gasteiger partial charge in [-0.25, -0.2) is 39.2 Å². The van der Waals surface area contributed by atoms with Crippen LogP contribution < -0.4 is 4.74 Å². The first kappa shape index (κ1) is 27.6. The maximum Gasteiger partial charge on any atom is 0.643 e. The van der Waals surface area contributed by atoms with Crippen molar-refractivity contribution in [2.75, 3.05) is 7.11 Å². The molecule has 0 fully saturated rings. The number of nitriles is 2. The monoisotopic (exact) mass is 648 g/mol. The Balaban J connectivity index is 0.000000202. The number of fused-ring (bicyclic) bond motifs is 2. The average Bonchev–Trinajstić information content (AvgIpc) is 3.39. The van der Waals surface area contributed by atoms with Gasteiger partial charge in [-0.3, -0.25) is 0 Å². The van der Waals surface area contributed by atoms with Crippen LogP contribution in [0.5, 0.6) is 11.5 Å². The number of methoxy groups -OCH3 is 1. The first-order valence-corrected chi connectivity index (χ1v) is 15.7. The topological polar surface area (TPSA) is 112 Å². The average molecular weight is 652 g/mol. The molecule has 33 heavy (non-hydrogen) atoms. The molecule has 0 amide bonds. The van der Waals surface area contributed by atoms with E-state index < -0.39 is 11.4 Å². The molecule has 0 saturated carbocycles. The first-order valence-electron chi connectivity index (χ1n) is 8.86. The number of rotatable bonds is 1. The van der Waals surface area contributed by atoms with Crippen LogP contribution in [-0.4, -0.2) is 42.8 Å². The van der Waals surface area contributed by atoms with E-state index in [9.17, 15) is 5.11 Å². The molecular weight excluding hydrogens is 637 g/mol. The maximum absolute atomic E-state index is 9.51. The molecule has 1 N–H and O–H groups in total. The minimum atomic E-state index is -1.72. The smallest absolute Gasteiger partial charge is 0.506 e. The summed E-state index contributed by atoms with van der Waals surface area (Å²) in [5.74, 6) is 0.888. The van der Waals surface area contributed by atoms with E-state index >= 15 is 0 Å². The molecule has 0 unspecified atom stereocenters. The third-order valence-corrected chi connectivity index (χ3v) is 5.54. The van der Waals surface area contributed by atoms with Gasteiger partial charge in [-0.05, 0) is 57.8 Å². The van der Waals surface area contributed by atoms with Gasteiger partial charge < -0.3 is 9.84 Å². The van der Waals surface area contributed by atoms with Gasteiger partial charge >= 0.3 is 11.4 Å². The SMILES string of the molecule is COc1cc(Br)c2c(C#N)cnn2c1C.Cc1c(O)cc(Br)c2c(C#N)cnn12.[Cl][Al]([Cl])[Cl]. The Morgan fingerprint density at radius 2 is 1.36 bits per heavy atom. The van der Waals surface area contributed by atoms with Crippen molar-refractivity contribution in [2.45, 2.75) is 13.8 Å². The zero-order chi connectivity index (χ0) is 24.9. The van der Waals surface area contributed by atoms with Gasteiger partial charge in [0.25, 0.3) is 0 Å². The highest BCUT2D eigenvalue weighted by Crippen LogP contribution is 2.29. The van der Waals surface area contributed by atoms with Gasteiger partial charge in [-0.15, -0.1) is 0 Å². The van der Waals surface area contributed by atoms with E-state index in [2.05, 4.69) is 48.1 Å². The van der Waals surface area contributed by atoms with E-state index in [0.717, 1.165) is 21.4 Å². The Kier molecular flexibility index (Phi) is 10.1. The lowest BCUT2D eigenvalue weighted by molar-refractivity contribution is 0.407. The summed E-state index contributed by atoms with van der Waals surface area (Å²) in [5, 5.41) is 35.4. The molecule has 14 heteroatoms. The molecule has 4 rings (SSSR count). The Morgan fingerprint density at radius 3 is 1.79 bits per heavy atom. The van der Waals surface area contributed by atoms with Crippen LogP contribution in [0, 0.1) is 36.5 Å². The van der Waals surface area contributed by atoms with Crippen LogP contribution in [0.4, 0.5) is 0 Å². The lowest BCUT2D eigenvalue weighted by atomic mass is 10.2. The lowest BCUT2D eigenvalue weighted by Gasteiger charge is -2.07. The van der Waals surface area contributed by atoms with Crippen LogP contribution in [-0.2, 0) is 0 Å². The molecule has 0 saturated heterocycles. The third kappa shape index (κ3) is 6.26. The Morgan fingerprint density at radius 1 is 0.939 bits per heavy atom. The van der Waals surface area contributed by atoms with Crippen molar-refractivity contribution in [3.63, 3.8) is 0 Å². The fraction of sp³-hybridized carbons (Fsp3) is 0.158. The fourth-order valence-electron chi connectivity index (χ4n) is 2.83. The number of nitrogens with zero attached hydrogens (tertiary/aromatic N) is 6. The Labute approximate surface area is 223 Å². The maximum atomic E-state index is 9.51. The van der Waals surface area contributed by atoms with Crippen molar-refractivity contribution in [1.82, 2.24) is 19.2 Å². The first-order chi connectivity index (χ1) is 15.6.